The van der Waals surface area contributed by atoms with E-state index >= 15 is 0 Å². The summed E-state index contributed by atoms with van der Waals surface area (Å²) in [5.41, 5.74) is -0.633. The molecule has 0 aliphatic heterocycles. The molecule has 1 rings (SSSR count). The van der Waals surface area contributed by atoms with Crippen LogP contribution < -0.4 is 0 Å². The number of imidazole rings is 1. The van der Waals surface area contributed by atoms with Crippen LogP contribution in [0.5, 0.6) is 0 Å². The van der Waals surface area contributed by atoms with Crippen molar-refractivity contribution in [3.8, 4) is 0 Å². The van der Waals surface area contributed by atoms with Gasteiger partial charge in [0.15, 0.2) is 19.6 Å². The molecule has 0 aromatic carbocycles. The molecule has 7 heteroatoms. The molecule has 6 nitrogen and oxygen atoms in total. The molecule has 0 fully saturated rings. The summed E-state index contributed by atoms with van der Waals surface area (Å²) < 4.78 is 1.47. The Balaban J connectivity index is 3.44. The molecule has 0 radical (unpaired) electrons. The minimum absolute atomic E-state index is 0.235. The summed E-state index contributed by atoms with van der Waals surface area (Å²) in [6.45, 7) is 5.73. The zero-order chi connectivity index (χ0) is 11.8. The first-order valence-corrected chi connectivity index (χ1v) is 7.74. The van der Waals surface area contributed by atoms with Crippen molar-refractivity contribution < 1.29 is 19.8 Å². The van der Waals surface area contributed by atoms with E-state index in [1.165, 1.54) is 10.6 Å². The van der Waals surface area contributed by atoms with Gasteiger partial charge < -0.3 is 14.4 Å². The van der Waals surface area contributed by atoms with Crippen molar-refractivity contribution in [1.29, 1.82) is 0 Å². The first-order chi connectivity index (χ1) is 6.75. The number of hydrogen-bond donors (Lipinski definition) is 2. The lowest BCUT2D eigenvalue weighted by Gasteiger charge is -2.19. The Hall–Kier alpha value is -1.63. The number of nitrogens with zero attached hydrogens (tertiary/aromatic N) is 2. The Labute approximate surface area is 87.3 Å². The SMILES string of the molecule is C[Si](C)(C)n1cnc(C(=O)O)c1C(=O)O. The number of carboxylic acid groups (broad SMARTS) is 2. The van der Waals surface area contributed by atoms with Gasteiger partial charge in [-0.2, -0.15) is 0 Å². The number of aromatic nitrogens is 2. The zero-order valence-corrected chi connectivity index (χ0v) is 9.68. The van der Waals surface area contributed by atoms with Crippen LogP contribution in [-0.4, -0.2) is 39.6 Å². The van der Waals surface area contributed by atoms with Gasteiger partial charge in [0, 0.05) is 0 Å². The van der Waals surface area contributed by atoms with Crippen molar-refractivity contribution in [2.45, 2.75) is 19.6 Å². The summed E-state index contributed by atoms with van der Waals surface area (Å²) in [6.07, 6.45) is 1.29. The molecule has 0 aliphatic carbocycles. The third kappa shape index (κ3) is 2.07. The van der Waals surface area contributed by atoms with Gasteiger partial charge in [0.2, 0.25) is 0 Å². The fourth-order valence-electron chi connectivity index (χ4n) is 1.22. The topological polar surface area (TPSA) is 92.4 Å². The highest BCUT2D eigenvalue weighted by molar-refractivity contribution is 6.74. The molecule has 0 atom stereocenters. The van der Waals surface area contributed by atoms with Crippen molar-refractivity contribution in [3.05, 3.63) is 17.7 Å². The van der Waals surface area contributed by atoms with Crippen LogP contribution in [0, 0.1) is 0 Å². The molecular formula is C8H12N2O4Si. The van der Waals surface area contributed by atoms with Crippen LogP contribution in [0.2, 0.25) is 19.6 Å². The Morgan fingerprint density at radius 1 is 1.27 bits per heavy atom. The molecule has 1 aromatic heterocycles. The van der Waals surface area contributed by atoms with E-state index in [9.17, 15) is 9.59 Å². The van der Waals surface area contributed by atoms with Gasteiger partial charge in [-0.3, -0.25) is 0 Å². The van der Waals surface area contributed by atoms with E-state index in [1.54, 1.807) is 0 Å². The van der Waals surface area contributed by atoms with Crippen molar-refractivity contribution in [2.75, 3.05) is 0 Å². The van der Waals surface area contributed by atoms with Crippen molar-refractivity contribution in [2.24, 2.45) is 0 Å². The molecule has 0 saturated heterocycles. The predicted molar refractivity (Wildman–Crippen MR) is 54.9 cm³/mol. The van der Waals surface area contributed by atoms with Crippen LogP contribution in [0.4, 0.5) is 0 Å². The normalized spacial score (nSPS) is 11.4. The van der Waals surface area contributed by atoms with Crippen LogP contribution in [0.3, 0.4) is 0 Å². The number of rotatable bonds is 3. The first kappa shape index (κ1) is 11.4. The van der Waals surface area contributed by atoms with Crippen LogP contribution >= 0.6 is 0 Å². The molecule has 82 valence electrons. The lowest BCUT2D eigenvalue weighted by Crippen LogP contribution is -2.34. The van der Waals surface area contributed by atoms with Gasteiger partial charge >= 0.3 is 11.9 Å². The van der Waals surface area contributed by atoms with Gasteiger partial charge in [-0.25, -0.2) is 14.6 Å². The van der Waals surface area contributed by atoms with Crippen molar-refractivity contribution in [1.82, 2.24) is 9.22 Å². The molecule has 0 spiro atoms. The van der Waals surface area contributed by atoms with Gasteiger partial charge in [0.1, 0.15) is 0 Å². The van der Waals surface area contributed by atoms with Gasteiger partial charge in [0.05, 0.1) is 6.33 Å². The molecule has 0 saturated carbocycles. The predicted octanol–water partition coefficient (Wildman–Crippen LogP) is 0.962. The summed E-state index contributed by atoms with van der Waals surface area (Å²) in [4.78, 5) is 25.3. The number of carbonyl (C=O) groups is 2. The highest BCUT2D eigenvalue weighted by Gasteiger charge is 2.29. The minimum atomic E-state index is -1.96. The quantitative estimate of drug-likeness (QED) is 0.752. The molecule has 15 heavy (non-hydrogen) atoms. The van der Waals surface area contributed by atoms with E-state index in [2.05, 4.69) is 4.98 Å². The first-order valence-electron chi connectivity index (χ1n) is 4.29. The number of hydrogen-bond acceptors (Lipinski definition) is 3. The lowest BCUT2D eigenvalue weighted by molar-refractivity contribution is 0.0643. The Morgan fingerprint density at radius 3 is 2.13 bits per heavy atom. The van der Waals surface area contributed by atoms with Gasteiger partial charge in [-0.1, -0.05) is 19.6 Å². The van der Waals surface area contributed by atoms with Crippen LogP contribution in [-0.2, 0) is 0 Å². The van der Waals surface area contributed by atoms with Crippen LogP contribution in [0.25, 0.3) is 0 Å². The average molecular weight is 228 g/mol. The third-order valence-corrected chi connectivity index (χ3v) is 3.68. The van der Waals surface area contributed by atoms with E-state index in [-0.39, 0.29) is 5.69 Å². The summed E-state index contributed by atoms with van der Waals surface area (Å²) in [6, 6.07) is 0. The third-order valence-electron chi connectivity index (χ3n) is 1.90. The fraction of sp³-hybridized carbons (Fsp3) is 0.375. The average Bonchev–Trinajstić information content (AvgIpc) is 2.45. The molecular weight excluding hydrogens is 216 g/mol. The second-order valence-corrected chi connectivity index (χ2v) is 8.92. The summed E-state index contributed by atoms with van der Waals surface area (Å²) in [5.74, 6) is -2.57. The van der Waals surface area contributed by atoms with E-state index in [4.69, 9.17) is 10.2 Å². The fourth-order valence-corrected chi connectivity index (χ4v) is 2.49. The Bertz CT molecular complexity index is 419. The maximum absolute atomic E-state index is 11.0. The maximum Gasteiger partial charge on any atom is 0.357 e. The van der Waals surface area contributed by atoms with Crippen LogP contribution in [0.15, 0.2) is 6.33 Å². The maximum atomic E-state index is 11.0. The van der Waals surface area contributed by atoms with E-state index in [1.807, 2.05) is 19.6 Å². The van der Waals surface area contributed by atoms with Crippen LogP contribution in [0.1, 0.15) is 21.0 Å². The van der Waals surface area contributed by atoms with Crippen molar-refractivity contribution in [3.63, 3.8) is 0 Å². The molecule has 2 N–H and O–H groups in total. The molecule has 0 amide bonds. The van der Waals surface area contributed by atoms with E-state index in [0.717, 1.165) is 0 Å². The summed E-state index contributed by atoms with van der Waals surface area (Å²) in [7, 11) is -1.96. The molecule has 1 aromatic rings. The number of carboxylic acids is 2. The monoisotopic (exact) mass is 228 g/mol. The lowest BCUT2D eigenvalue weighted by atomic mass is 10.3. The highest BCUT2D eigenvalue weighted by Crippen LogP contribution is 2.14. The second kappa shape index (κ2) is 3.50. The number of aromatic carboxylic acids is 2. The molecule has 1 heterocycles. The second-order valence-electron chi connectivity index (χ2n) is 4.09. The summed E-state index contributed by atoms with van der Waals surface area (Å²) in [5, 5.41) is 17.7. The zero-order valence-electron chi connectivity index (χ0n) is 8.68. The smallest absolute Gasteiger partial charge is 0.357 e. The summed E-state index contributed by atoms with van der Waals surface area (Å²) >= 11 is 0. The van der Waals surface area contributed by atoms with E-state index < -0.39 is 25.9 Å². The van der Waals surface area contributed by atoms with Crippen molar-refractivity contribution >= 4 is 20.2 Å². The van der Waals surface area contributed by atoms with Gasteiger partial charge in [-0.15, -0.1) is 0 Å². The van der Waals surface area contributed by atoms with Gasteiger partial charge in [-0.05, 0) is 0 Å². The van der Waals surface area contributed by atoms with Gasteiger partial charge in [0.25, 0.3) is 0 Å². The molecule has 0 unspecified atom stereocenters. The standard InChI is InChI=1S/C8H12N2O4Si/c1-15(2,3)10-4-9-5(7(11)12)6(10)8(13)14/h4H,1-3H3,(H,11,12)(H,13,14). The Morgan fingerprint density at radius 2 is 1.80 bits per heavy atom. The molecule has 0 aliphatic rings. The largest absolute Gasteiger partial charge is 0.477 e. The Kier molecular flexibility index (Phi) is 2.67. The highest BCUT2D eigenvalue weighted by atomic mass is 28.3. The molecule has 0 bridgehead atoms. The minimum Gasteiger partial charge on any atom is -0.477 e. The van der Waals surface area contributed by atoms with E-state index in [0.29, 0.717) is 0 Å².